The average molecular weight is 115 g/mol. The number of aromatic amines is 1. The van der Waals surface area contributed by atoms with Gasteiger partial charge in [0.05, 0.1) is 4.11 Å². The van der Waals surface area contributed by atoms with Gasteiger partial charge in [-0.2, -0.15) is 0 Å². The van der Waals surface area contributed by atoms with Gasteiger partial charge in [0.25, 0.3) is 5.56 Å². The van der Waals surface area contributed by atoms with Crippen molar-refractivity contribution in [2.75, 3.05) is 0 Å². The minimum absolute atomic E-state index is 0.548. The van der Waals surface area contributed by atoms with E-state index in [1.54, 1.807) is 0 Å². The van der Waals surface area contributed by atoms with E-state index in [1.807, 2.05) is 4.98 Å². The van der Waals surface area contributed by atoms with E-state index in [9.17, 15) is 4.79 Å². The first-order valence-electron chi connectivity index (χ1n) is 4.95. The number of pyridine rings is 1. The Morgan fingerprint density at radius 3 is 3.62 bits per heavy atom. The highest BCUT2D eigenvalue weighted by atomic mass is 16.1. The quantitative estimate of drug-likeness (QED) is 0.530. The van der Waals surface area contributed by atoms with Crippen LogP contribution >= 0.6 is 0 Å². The smallest absolute Gasteiger partial charge is 0.250 e. The molecule has 0 atom stereocenters. The minimum atomic E-state index is -2.73. The molecule has 1 aromatic rings. The first-order chi connectivity index (χ1) is 6.25. The second-order valence-electron chi connectivity index (χ2n) is 1.20. The molecular weight excluding hydrogens is 102 g/mol. The van der Waals surface area contributed by atoms with E-state index in [-0.39, 0.29) is 0 Å². The number of aromatic nitrogens is 1. The molecule has 0 aromatic carbocycles. The van der Waals surface area contributed by atoms with Gasteiger partial charge in [-0.15, -0.1) is 0 Å². The molecule has 0 fully saturated rings. The minimum Gasteiger partial charge on any atom is -0.329 e. The Morgan fingerprint density at radius 1 is 2.00 bits per heavy atom. The van der Waals surface area contributed by atoms with Crippen LogP contribution < -0.4 is 5.56 Å². The van der Waals surface area contributed by atoms with Crippen LogP contribution in [-0.4, -0.2) is 4.98 Å². The lowest BCUT2D eigenvalue weighted by molar-refractivity contribution is 1.18. The molecule has 0 unspecified atom stereocenters. The van der Waals surface area contributed by atoms with Gasteiger partial charge in [0.2, 0.25) is 0 Å². The Hall–Kier alpha value is -1.05. The third kappa shape index (κ3) is 0.780. The lowest BCUT2D eigenvalue weighted by Gasteiger charge is -1.83. The number of hydrogen-bond acceptors (Lipinski definition) is 1. The molecule has 1 N–H and O–H groups in total. The lowest BCUT2D eigenvalue weighted by atomic mass is 10.3. The Labute approximate surface area is 55.6 Å². The van der Waals surface area contributed by atoms with Gasteiger partial charge < -0.3 is 4.98 Å². The van der Waals surface area contributed by atoms with Gasteiger partial charge in [0.1, 0.15) is 0 Å². The molecule has 2 nitrogen and oxygen atoms in total. The normalized spacial score (nSPS) is 21.5. The Bertz CT molecular complexity index is 420. The van der Waals surface area contributed by atoms with Gasteiger partial charge in [-0.05, 0) is 12.9 Å². The molecule has 0 saturated carbocycles. The molecule has 1 rings (SSSR count). The van der Waals surface area contributed by atoms with E-state index in [4.69, 9.17) is 8.22 Å². The van der Waals surface area contributed by atoms with Crippen LogP contribution in [0.2, 0.25) is 0 Å². The van der Waals surface area contributed by atoms with Crippen LogP contribution in [0.15, 0.2) is 23.1 Å². The fraction of sp³-hybridized carbons (Fsp3) is 0.167. The molecule has 0 spiro atoms. The predicted molar refractivity (Wildman–Crippen MR) is 31.8 cm³/mol. The zero-order valence-corrected chi connectivity index (χ0v) is 3.91. The van der Waals surface area contributed by atoms with Crippen molar-refractivity contribution in [3.05, 3.63) is 34.2 Å². The van der Waals surface area contributed by atoms with Crippen molar-refractivity contribution in [3.63, 3.8) is 0 Å². The second kappa shape index (κ2) is 1.82. The summed E-state index contributed by atoms with van der Waals surface area (Å²) < 4.78 is 42.4. The molecule has 1 aromatic heterocycles. The summed E-state index contributed by atoms with van der Waals surface area (Å²) in [6.45, 7) is -2.73. The maximum Gasteiger partial charge on any atom is 0.250 e. The highest BCUT2D eigenvalue weighted by Crippen LogP contribution is 1.81. The maximum absolute atomic E-state index is 11.1. The fourth-order valence-corrected chi connectivity index (χ4v) is 0.301. The van der Waals surface area contributed by atoms with Gasteiger partial charge >= 0.3 is 0 Å². The zero-order valence-electron chi connectivity index (χ0n) is 9.91. The number of H-pyrrole nitrogens is 1. The third-order valence-corrected chi connectivity index (χ3v) is 0.653. The Balaban J connectivity index is 3.62. The molecule has 1 heterocycles. The summed E-state index contributed by atoms with van der Waals surface area (Å²) >= 11 is 0. The molecule has 2 heteroatoms. The van der Waals surface area contributed by atoms with Gasteiger partial charge in [0, 0.05) is 15.8 Å². The number of hydrogen-bond donors (Lipinski definition) is 1. The lowest BCUT2D eigenvalue weighted by Crippen LogP contribution is -2.06. The van der Waals surface area contributed by atoms with Crippen molar-refractivity contribution >= 4 is 0 Å². The van der Waals surface area contributed by atoms with Gasteiger partial charge in [-0.25, -0.2) is 0 Å². The molecule has 0 aliphatic heterocycles. The van der Waals surface area contributed by atoms with E-state index in [0.717, 1.165) is 0 Å². The molecule has 0 saturated heterocycles. The SMILES string of the molecule is [2H]c1[nH]c(=O)c(C([2H])([2H])[2H])c([2H])c1[2H]. The number of rotatable bonds is 0. The molecule has 0 aliphatic rings. The number of nitrogens with one attached hydrogen (secondary N) is 1. The van der Waals surface area contributed by atoms with Crippen LogP contribution in [0.1, 0.15) is 13.8 Å². The van der Waals surface area contributed by atoms with Crippen LogP contribution in [0, 0.1) is 6.85 Å². The summed E-state index contributed by atoms with van der Waals surface area (Å²) in [4.78, 5) is 13.0. The highest BCUT2D eigenvalue weighted by molar-refractivity contribution is 5.05. The van der Waals surface area contributed by atoms with Crippen LogP contribution in [-0.2, 0) is 0 Å². The topological polar surface area (TPSA) is 32.9 Å². The molecule has 8 heavy (non-hydrogen) atoms. The van der Waals surface area contributed by atoms with E-state index in [2.05, 4.69) is 0 Å². The fourth-order valence-electron chi connectivity index (χ4n) is 0.301. The van der Waals surface area contributed by atoms with E-state index in [0.29, 0.717) is 0 Å². The van der Waals surface area contributed by atoms with Crippen molar-refractivity contribution in [2.45, 2.75) is 6.85 Å². The standard InChI is InChI=1S/C6H7NO/c1-5-3-2-4-7-6(5)8/h2-4H,1H3,(H,7,8)/i1D3,2D,3D,4D. The van der Waals surface area contributed by atoms with Crippen LogP contribution in [0.3, 0.4) is 0 Å². The summed E-state index contributed by atoms with van der Waals surface area (Å²) in [7, 11) is 0. The van der Waals surface area contributed by atoms with E-state index < -0.39 is 36.2 Å². The van der Waals surface area contributed by atoms with Crippen molar-refractivity contribution in [2.24, 2.45) is 0 Å². The Kier molecular flexibility index (Phi) is 0.334. The average Bonchev–Trinajstić information content (AvgIpc) is 1.97. The monoisotopic (exact) mass is 115 g/mol. The maximum atomic E-state index is 11.1. The summed E-state index contributed by atoms with van der Waals surface area (Å²) in [6, 6.07) is -1.30. The molecular formula is C6H7NO. The molecule has 0 aliphatic carbocycles. The first kappa shape index (κ1) is 1.47. The summed E-state index contributed by atoms with van der Waals surface area (Å²) in [5.74, 6) is 0. The molecule has 0 radical (unpaired) electrons. The second-order valence-corrected chi connectivity index (χ2v) is 1.20. The Morgan fingerprint density at radius 2 is 2.88 bits per heavy atom. The molecule has 0 amide bonds. The van der Waals surface area contributed by atoms with Crippen LogP contribution in [0.25, 0.3) is 0 Å². The summed E-state index contributed by atoms with van der Waals surface area (Å²) in [5, 5.41) is 0. The van der Waals surface area contributed by atoms with Crippen LogP contribution in [0.5, 0.6) is 0 Å². The molecule has 42 valence electrons. The largest absolute Gasteiger partial charge is 0.329 e. The van der Waals surface area contributed by atoms with Gasteiger partial charge in [0.15, 0.2) is 0 Å². The van der Waals surface area contributed by atoms with Crippen LogP contribution in [0.4, 0.5) is 0 Å². The van der Waals surface area contributed by atoms with Gasteiger partial charge in [-0.1, -0.05) is 6.04 Å². The summed E-state index contributed by atoms with van der Waals surface area (Å²) in [6.07, 6.45) is -0.548. The summed E-state index contributed by atoms with van der Waals surface area (Å²) in [5.41, 5.74) is -1.74. The van der Waals surface area contributed by atoms with Crippen molar-refractivity contribution in [1.29, 1.82) is 0 Å². The zero-order chi connectivity index (χ0) is 11.1. The van der Waals surface area contributed by atoms with E-state index in [1.165, 1.54) is 0 Å². The van der Waals surface area contributed by atoms with Crippen molar-refractivity contribution < 1.29 is 8.22 Å². The third-order valence-electron chi connectivity index (χ3n) is 0.653. The highest BCUT2D eigenvalue weighted by Gasteiger charge is 1.83. The predicted octanol–water partition coefficient (Wildman–Crippen LogP) is 0.683. The van der Waals surface area contributed by atoms with Crippen molar-refractivity contribution in [3.8, 4) is 0 Å². The van der Waals surface area contributed by atoms with E-state index >= 15 is 0 Å². The van der Waals surface area contributed by atoms with Gasteiger partial charge in [-0.3, -0.25) is 4.79 Å². The van der Waals surface area contributed by atoms with Crippen molar-refractivity contribution in [1.82, 2.24) is 4.98 Å². The first-order valence-corrected chi connectivity index (χ1v) is 1.95. The molecule has 0 bridgehead atoms.